The van der Waals surface area contributed by atoms with Crippen molar-refractivity contribution in [2.45, 2.75) is 329 Å². The van der Waals surface area contributed by atoms with Gasteiger partial charge in [-0.15, -0.1) is 0 Å². The number of aliphatic hydroxyl groups is 1. The van der Waals surface area contributed by atoms with Gasteiger partial charge >= 0.3 is 39.5 Å². The molecule has 0 spiro atoms. The Morgan fingerprint density at radius 1 is 0.264 bits per heavy atom. The number of allylic oxidation sites excluding steroid dienone is 30. The molecule has 0 aliphatic heterocycles. The van der Waals surface area contributed by atoms with Gasteiger partial charge in [-0.25, -0.2) is 9.13 Å². The van der Waals surface area contributed by atoms with Gasteiger partial charge in [0.1, 0.15) is 19.3 Å². The number of phosphoric ester groups is 2. The number of hydrogen-bond donors (Lipinski definition) is 3. The van der Waals surface area contributed by atoms with Crippen molar-refractivity contribution in [2.24, 2.45) is 0 Å². The number of esters is 4. The molecule has 17 nitrogen and oxygen atoms in total. The van der Waals surface area contributed by atoms with Crippen molar-refractivity contribution in [3.63, 3.8) is 0 Å². The number of unbranched alkanes of at least 4 members (excludes halogenated alkanes) is 21. The summed E-state index contributed by atoms with van der Waals surface area (Å²) in [5.74, 6) is -2.39. The summed E-state index contributed by atoms with van der Waals surface area (Å²) in [5, 5.41) is 10.7. The van der Waals surface area contributed by atoms with Crippen molar-refractivity contribution >= 4 is 39.5 Å². The fourth-order valence-corrected chi connectivity index (χ4v) is 12.0. The van der Waals surface area contributed by atoms with Gasteiger partial charge in [-0.3, -0.25) is 37.3 Å². The minimum absolute atomic E-state index is 0.00244. The highest BCUT2D eigenvalue weighted by Crippen LogP contribution is 2.45. The normalized spacial score (nSPS) is 14.7. The molecule has 2 unspecified atom stereocenters. The lowest BCUT2D eigenvalue weighted by Crippen LogP contribution is -2.30. The molecule has 624 valence electrons. The van der Waals surface area contributed by atoms with Crippen molar-refractivity contribution in [2.75, 3.05) is 39.6 Å². The zero-order valence-corrected chi connectivity index (χ0v) is 70.1. The number of carbonyl (C=O) groups is 4. The van der Waals surface area contributed by atoms with E-state index in [9.17, 15) is 43.2 Å². The Morgan fingerprint density at radius 2 is 0.500 bits per heavy atom. The molecule has 0 aliphatic carbocycles. The molecule has 0 amide bonds. The van der Waals surface area contributed by atoms with Crippen LogP contribution < -0.4 is 0 Å². The Morgan fingerprint density at radius 3 is 0.845 bits per heavy atom. The molecule has 0 saturated heterocycles. The van der Waals surface area contributed by atoms with E-state index in [1.165, 1.54) is 64.2 Å². The fourth-order valence-electron chi connectivity index (χ4n) is 10.5. The smallest absolute Gasteiger partial charge is 0.462 e. The van der Waals surface area contributed by atoms with Crippen LogP contribution in [0.1, 0.15) is 310 Å². The molecule has 0 saturated carbocycles. The Bertz CT molecular complexity index is 2800. The quantitative estimate of drug-likeness (QED) is 0.0169. The maximum atomic E-state index is 13.1. The van der Waals surface area contributed by atoms with E-state index < -0.39 is 97.5 Å². The van der Waals surface area contributed by atoms with E-state index in [2.05, 4.69) is 180 Å². The summed E-state index contributed by atoms with van der Waals surface area (Å²) < 4.78 is 68.6. The summed E-state index contributed by atoms with van der Waals surface area (Å²) in [7, 11) is -10.0. The zero-order valence-electron chi connectivity index (χ0n) is 68.4. The Kier molecular flexibility index (Phi) is 76.9. The Hall–Kier alpha value is -5.84. The molecule has 0 heterocycles. The second-order valence-corrected chi connectivity index (χ2v) is 30.2. The minimum Gasteiger partial charge on any atom is -0.462 e. The van der Waals surface area contributed by atoms with Crippen molar-refractivity contribution in [1.29, 1.82) is 0 Å². The summed E-state index contributed by atoms with van der Waals surface area (Å²) in [6.07, 6.45) is 98.8. The van der Waals surface area contributed by atoms with Crippen LogP contribution in [0.3, 0.4) is 0 Å². The van der Waals surface area contributed by atoms with E-state index >= 15 is 0 Å². The van der Waals surface area contributed by atoms with E-state index in [-0.39, 0.29) is 25.7 Å². The second kappa shape index (κ2) is 81.2. The van der Waals surface area contributed by atoms with Crippen LogP contribution in [0.4, 0.5) is 0 Å². The summed E-state index contributed by atoms with van der Waals surface area (Å²) in [5.41, 5.74) is 0. The first-order chi connectivity index (χ1) is 53.7. The largest absolute Gasteiger partial charge is 0.472 e. The van der Waals surface area contributed by atoms with Crippen LogP contribution in [0.15, 0.2) is 182 Å². The van der Waals surface area contributed by atoms with Crippen LogP contribution >= 0.6 is 15.6 Å². The van der Waals surface area contributed by atoms with Crippen LogP contribution in [0.25, 0.3) is 0 Å². The number of ether oxygens (including phenoxy) is 4. The number of hydrogen-bond acceptors (Lipinski definition) is 15. The molecule has 19 heteroatoms. The van der Waals surface area contributed by atoms with Gasteiger partial charge in [0, 0.05) is 25.7 Å². The highest BCUT2D eigenvalue weighted by molar-refractivity contribution is 7.47. The van der Waals surface area contributed by atoms with Crippen molar-refractivity contribution in [3.8, 4) is 0 Å². The molecule has 0 fully saturated rings. The van der Waals surface area contributed by atoms with Gasteiger partial charge in [-0.05, 0) is 173 Å². The topological polar surface area (TPSA) is 237 Å². The predicted octanol–water partition coefficient (Wildman–Crippen LogP) is 25.1. The lowest BCUT2D eigenvalue weighted by molar-refractivity contribution is -0.161. The van der Waals surface area contributed by atoms with Crippen LogP contribution in [-0.4, -0.2) is 96.7 Å². The molecular weight excluding hydrogens is 1430 g/mol. The third-order valence-corrected chi connectivity index (χ3v) is 18.7. The summed E-state index contributed by atoms with van der Waals surface area (Å²) >= 11 is 0. The van der Waals surface area contributed by atoms with E-state index in [0.29, 0.717) is 38.5 Å². The average molecular weight is 1580 g/mol. The fraction of sp³-hybridized carbons (Fsp3) is 0.626. The summed E-state index contributed by atoms with van der Waals surface area (Å²) in [4.78, 5) is 73.1. The maximum absolute atomic E-state index is 13.1. The lowest BCUT2D eigenvalue weighted by Gasteiger charge is -2.21. The highest BCUT2D eigenvalue weighted by atomic mass is 31.2. The molecule has 0 bridgehead atoms. The van der Waals surface area contributed by atoms with E-state index in [1.54, 1.807) is 0 Å². The minimum atomic E-state index is -5.02. The molecule has 0 radical (unpaired) electrons. The molecule has 3 N–H and O–H groups in total. The van der Waals surface area contributed by atoms with Gasteiger partial charge < -0.3 is 33.8 Å². The van der Waals surface area contributed by atoms with Crippen LogP contribution in [0, 0.1) is 0 Å². The van der Waals surface area contributed by atoms with Gasteiger partial charge in [0.05, 0.1) is 26.4 Å². The third-order valence-electron chi connectivity index (χ3n) is 16.8. The SMILES string of the molecule is CC/C=C\C/C=C\C/C=C\C/C=C\C/C=C\CCCCCC(=O)OC[C@H](COP(=O)(O)OC[C@@H](O)COP(=O)(O)OC[C@@H](COC(=O)CCCCCCCCC/C=C\CCCCCC)OC(=O)CC/C=C\C/C=C\C/C=C\C/C=C\C/C=C\CCCCC)OC(=O)CCC/C=C\C/C=C\C/C=C\C/C=C\CCCCC. The summed E-state index contributed by atoms with van der Waals surface area (Å²) in [6, 6.07) is 0. The van der Waals surface area contributed by atoms with Gasteiger partial charge in [-0.1, -0.05) is 293 Å². The van der Waals surface area contributed by atoms with E-state index in [4.69, 9.17) is 37.0 Å². The molecular formula is C91H148O17P2. The molecule has 0 aromatic rings. The van der Waals surface area contributed by atoms with E-state index in [1.807, 2.05) is 30.4 Å². The van der Waals surface area contributed by atoms with E-state index in [0.717, 1.165) is 154 Å². The van der Waals surface area contributed by atoms with Crippen LogP contribution in [0.5, 0.6) is 0 Å². The second-order valence-electron chi connectivity index (χ2n) is 27.3. The van der Waals surface area contributed by atoms with Crippen molar-refractivity contribution in [3.05, 3.63) is 182 Å². The predicted molar refractivity (Wildman–Crippen MR) is 454 cm³/mol. The maximum Gasteiger partial charge on any atom is 0.472 e. The molecule has 0 aromatic heterocycles. The molecule has 5 atom stereocenters. The number of aliphatic hydroxyl groups excluding tert-OH is 1. The van der Waals surface area contributed by atoms with Gasteiger partial charge in [0.25, 0.3) is 0 Å². The number of phosphoric acid groups is 2. The van der Waals surface area contributed by atoms with Crippen LogP contribution in [0.2, 0.25) is 0 Å². The first-order valence-electron chi connectivity index (χ1n) is 42.0. The van der Waals surface area contributed by atoms with Gasteiger partial charge in [0.2, 0.25) is 0 Å². The zero-order chi connectivity index (χ0) is 80.3. The number of rotatable bonds is 77. The van der Waals surface area contributed by atoms with Gasteiger partial charge in [-0.2, -0.15) is 0 Å². The standard InChI is InChI=1S/C91H148O17P2/c1-5-9-13-17-21-25-29-33-37-40-42-45-48-52-56-60-64-68-72-76-89(94)102-82-87(107-90(95)77-73-69-65-61-57-53-49-44-39-35-31-27-23-19-15-11-7-3)84-106-110(99,100)104-80-85(92)79-103-109(97,98)105-83-86(81-101-88(93)75-71-67-63-59-55-51-47-36-32-28-24-20-16-12-8-4)108-91(96)78-74-70-66-62-58-54-50-46-43-41-38-34-30-26-22-18-14-10-6-2/h9,13,21-23,25-28,32-35,37-39,42-43,45-46,49,52-54,56,58,61,65-66,70,85-87,92H,5-8,10-12,14-20,24,29-31,36,40-41,44,47-48,50-51,55,57,59-60,62-64,67-69,71-84H2,1-4H3,(H,97,98)(H,99,100)/b13-9-,25-21-,26-22-,27-23-,32-28-,37-33-,38-34-,39-35-,45-42-,46-43-,53-49-,56-52-,58-54-,65-61-,70-66-/t85-,86+,87+/m0/s1. The molecule has 0 aliphatic rings. The lowest BCUT2D eigenvalue weighted by atomic mass is 10.1. The van der Waals surface area contributed by atoms with Crippen molar-refractivity contribution < 1.29 is 80.2 Å². The Labute approximate surface area is 666 Å². The highest BCUT2D eigenvalue weighted by Gasteiger charge is 2.30. The Balaban J connectivity index is 5.55. The van der Waals surface area contributed by atoms with Crippen LogP contribution in [-0.2, 0) is 65.4 Å². The first kappa shape index (κ1) is 104. The molecule has 0 rings (SSSR count). The molecule has 110 heavy (non-hydrogen) atoms. The first-order valence-corrected chi connectivity index (χ1v) is 45.0. The monoisotopic (exact) mass is 1580 g/mol. The molecule has 0 aromatic carbocycles. The third kappa shape index (κ3) is 80.2. The number of carbonyl (C=O) groups excluding carboxylic acids is 4. The summed E-state index contributed by atoms with van der Waals surface area (Å²) in [6.45, 7) is 4.50. The van der Waals surface area contributed by atoms with Crippen molar-refractivity contribution in [1.82, 2.24) is 0 Å². The average Bonchev–Trinajstić information content (AvgIpc) is 0.906. The van der Waals surface area contributed by atoms with Gasteiger partial charge in [0.15, 0.2) is 12.2 Å².